The molecule has 1 aliphatic heterocycles. The first-order valence-electron chi connectivity index (χ1n) is 8.62. The van der Waals surface area contributed by atoms with Crippen LogP contribution in [0.3, 0.4) is 0 Å². The number of likely N-dealkylation sites (N-methyl/N-ethyl adjacent to an activating group) is 1. The van der Waals surface area contributed by atoms with Crippen molar-refractivity contribution >= 4 is 11.7 Å². The number of rotatable bonds is 4. The van der Waals surface area contributed by atoms with Crippen molar-refractivity contribution in [1.29, 1.82) is 0 Å². The van der Waals surface area contributed by atoms with E-state index in [4.69, 9.17) is 0 Å². The van der Waals surface area contributed by atoms with Crippen LogP contribution < -0.4 is 5.32 Å². The van der Waals surface area contributed by atoms with Gasteiger partial charge in [-0.1, -0.05) is 45.9 Å². The smallest absolute Gasteiger partial charge is 0.321 e. The molecule has 0 unspecified atom stereocenters. The van der Waals surface area contributed by atoms with Crippen molar-refractivity contribution in [3.63, 3.8) is 0 Å². The number of benzene rings is 1. The third-order valence-electron chi connectivity index (χ3n) is 4.96. The Hall–Kier alpha value is -1.55. The fraction of sp³-hybridized carbons (Fsp3) is 0.632. The minimum Gasteiger partial charge on any atom is -0.323 e. The highest BCUT2D eigenvalue weighted by atomic mass is 16.2. The van der Waals surface area contributed by atoms with E-state index in [2.05, 4.69) is 58.1 Å². The zero-order valence-corrected chi connectivity index (χ0v) is 15.3. The van der Waals surface area contributed by atoms with E-state index in [9.17, 15) is 4.79 Å². The largest absolute Gasteiger partial charge is 0.323 e. The number of para-hydroxylation sites is 1. The first-order chi connectivity index (χ1) is 10.8. The van der Waals surface area contributed by atoms with Crippen LogP contribution in [0.2, 0.25) is 0 Å². The molecule has 0 radical (unpaired) electrons. The second-order valence-corrected chi connectivity index (χ2v) is 7.52. The molecule has 1 aromatic carbocycles. The standard InChI is InChI=1S/C19H31N3O/c1-13(2)15-9-7-8-10-17(15)20-19(23)22-11-16(14(3)4)18(12-22)21(5)6/h7-10,13-14,16,18H,11-12H2,1-6H3,(H,20,23)/t16-,18+/m0/s1. The predicted octanol–water partition coefficient (Wildman–Crippen LogP) is 3.86. The summed E-state index contributed by atoms with van der Waals surface area (Å²) in [4.78, 5) is 16.9. The molecule has 23 heavy (non-hydrogen) atoms. The second-order valence-electron chi connectivity index (χ2n) is 7.52. The topological polar surface area (TPSA) is 35.6 Å². The van der Waals surface area contributed by atoms with Crippen molar-refractivity contribution in [2.75, 3.05) is 32.5 Å². The van der Waals surface area contributed by atoms with Gasteiger partial charge in [-0.25, -0.2) is 4.79 Å². The van der Waals surface area contributed by atoms with Crippen LogP contribution in [-0.4, -0.2) is 49.1 Å². The Morgan fingerprint density at radius 2 is 1.83 bits per heavy atom. The molecule has 1 heterocycles. The van der Waals surface area contributed by atoms with Gasteiger partial charge >= 0.3 is 6.03 Å². The predicted molar refractivity (Wildman–Crippen MR) is 96.9 cm³/mol. The molecule has 1 aromatic rings. The van der Waals surface area contributed by atoms with E-state index in [1.165, 1.54) is 5.56 Å². The van der Waals surface area contributed by atoms with E-state index < -0.39 is 0 Å². The van der Waals surface area contributed by atoms with E-state index >= 15 is 0 Å². The number of hydrogen-bond acceptors (Lipinski definition) is 2. The number of carbonyl (C=O) groups is 1. The highest BCUT2D eigenvalue weighted by molar-refractivity contribution is 5.90. The Morgan fingerprint density at radius 1 is 1.17 bits per heavy atom. The molecule has 1 N–H and O–H groups in total. The molecule has 2 rings (SSSR count). The van der Waals surface area contributed by atoms with Crippen LogP contribution in [-0.2, 0) is 0 Å². The van der Waals surface area contributed by atoms with Crippen LogP contribution in [0.25, 0.3) is 0 Å². The zero-order valence-electron chi connectivity index (χ0n) is 15.3. The Balaban J connectivity index is 2.10. The molecule has 128 valence electrons. The van der Waals surface area contributed by atoms with Crippen molar-refractivity contribution in [2.45, 2.75) is 39.7 Å². The molecule has 0 aliphatic carbocycles. The summed E-state index contributed by atoms with van der Waals surface area (Å²) in [6.07, 6.45) is 0. The number of hydrogen-bond donors (Lipinski definition) is 1. The molecule has 0 bridgehead atoms. The third kappa shape index (κ3) is 4.05. The van der Waals surface area contributed by atoms with Gasteiger partial charge in [-0.15, -0.1) is 0 Å². The second kappa shape index (κ2) is 7.35. The van der Waals surface area contributed by atoms with Crippen LogP contribution in [0, 0.1) is 11.8 Å². The number of likely N-dealkylation sites (tertiary alicyclic amines) is 1. The summed E-state index contributed by atoms with van der Waals surface area (Å²) in [5.41, 5.74) is 2.12. The molecular formula is C19H31N3O. The Labute approximate surface area is 140 Å². The van der Waals surface area contributed by atoms with Gasteiger partial charge in [0.25, 0.3) is 0 Å². The van der Waals surface area contributed by atoms with Gasteiger partial charge in [0.2, 0.25) is 0 Å². The van der Waals surface area contributed by atoms with E-state index in [1.54, 1.807) is 0 Å². The first-order valence-corrected chi connectivity index (χ1v) is 8.62. The number of amides is 2. The minimum absolute atomic E-state index is 0.0214. The van der Waals surface area contributed by atoms with Crippen LogP contribution in [0.1, 0.15) is 39.2 Å². The summed E-state index contributed by atoms with van der Waals surface area (Å²) < 4.78 is 0. The van der Waals surface area contributed by atoms with E-state index in [-0.39, 0.29) is 6.03 Å². The molecule has 1 saturated heterocycles. The fourth-order valence-corrected chi connectivity index (χ4v) is 3.49. The lowest BCUT2D eigenvalue weighted by Gasteiger charge is -2.27. The molecule has 4 nitrogen and oxygen atoms in total. The fourth-order valence-electron chi connectivity index (χ4n) is 3.49. The maximum atomic E-state index is 12.7. The summed E-state index contributed by atoms with van der Waals surface area (Å²) >= 11 is 0. The Bertz CT molecular complexity index is 523. The van der Waals surface area contributed by atoms with Gasteiger partial charge in [-0.05, 0) is 43.5 Å². The number of anilines is 1. The molecule has 0 aromatic heterocycles. The molecule has 0 spiro atoms. The maximum absolute atomic E-state index is 12.7. The summed E-state index contributed by atoms with van der Waals surface area (Å²) in [5, 5.41) is 3.12. The number of urea groups is 1. The molecule has 2 atom stereocenters. The van der Waals surface area contributed by atoms with Gasteiger partial charge in [-0.3, -0.25) is 0 Å². The third-order valence-corrected chi connectivity index (χ3v) is 4.96. The van der Waals surface area contributed by atoms with E-state index in [1.807, 2.05) is 23.1 Å². The van der Waals surface area contributed by atoms with Gasteiger partial charge < -0.3 is 15.1 Å². The van der Waals surface area contributed by atoms with Crippen LogP contribution in [0.5, 0.6) is 0 Å². The number of carbonyl (C=O) groups excluding carboxylic acids is 1. The Kier molecular flexibility index (Phi) is 5.69. The van der Waals surface area contributed by atoms with Crippen molar-refractivity contribution in [3.8, 4) is 0 Å². The molecule has 1 fully saturated rings. The van der Waals surface area contributed by atoms with Crippen molar-refractivity contribution in [3.05, 3.63) is 29.8 Å². The molecule has 4 heteroatoms. The molecule has 2 amide bonds. The highest BCUT2D eigenvalue weighted by Gasteiger charge is 2.38. The lowest BCUT2D eigenvalue weighted by molar-refractivity contribution is 0.213. The minimum atomic E-state index is 0.0214. The summed E-state index contributed by atoms with van der Waals surface area (Å²) in [6, 6.07) is 8.54. The van der Waals surface area contributed by atoms with E-state index in [0.717, 1.165) is 18.8 Å². The number of nitrogens with zero attached hydrogens (tertiary/aromatic N) is 2. The SMILES string of the molecule is CC(C)c1ccccc1NC(=O)N1C[C@@H](N(C)C)[C@H](C(C)C)C1. The van der Waals surface area contributed by atoms with E-state index in [0.29, 0.717) is 23.8 Å². The summed E-state index contributed by atoms with van der Waals surface area (Å²) in [7, 11) is 4.21. The van der Waals surface area contributed by atoms with Gasteiger partial charge in [0.05, 0.1) is 0 Å². The molecule has 1 aliphatic rings. The quantitative estimate of drug-likeness (QED) is 0.915. The van der Waals surface area contributed by atoms with Crippen molar-refractivity contribution in [1.82, 2.24) is 9.80 Å². The van der Waals surface area contributed by atoms with Crippen molar-refractivity contribution in [2.24, 2.45) is 11.8 Å². The number of nitrogens with one attached hydrogen (secondary N) is 1. The van der Waals surface area contributed by atoms with Gasteiger partial charge in [-0.2, -0.15) is 0 Å². The zero-order chi connectivity index (χ0) is 17.1. The highest BCUT2D eigenvalue weighted by Crippen LogP contribution is 2.29. The van der Waals surface area contributed by atoms with Crippen LogP contribution >= 0.6 is 0 Å². The summed E-state index contributed by atoms with van der Waals surface area (Å²) in [5.74, 6) is 1.49. The van der Waals surface area contributed by atoms with Crippen LogP contribution in [0.4, 0.5) is 10.5 Å². The average molecular weight is 317 g/mol. The normalized spacial score (nSPS) is 21.5. The van der Waals surface area contributed by atoms with Crippen LogP contribution in [0.15, 0.2) is 24.3 Å². The molecular weight excluding hydrogens is 286 g/mol. The first kappa shape index (κ1) is 17.8. The van der Waals surface area contributed by atoms with Gasteiger partial charge in [0.1, 0.15) is 0 Å². The lowest BCUT2D eigenvalue weighted by Crippen LogP contribution is -2.38. The van der Waals surface area contributed by atoms with Gasteiger partial charge in [0.15, 0.2) is 0 Å². The average Bonchev–Trinajstić information content (AvgIpc) is 2.93. The summed E-state index contributed by atoms with van der Waals surface area (Å²) in [6.45, 7) is 10.4. The Morgan fingerprint density at radius 3 is 2.35 bits per heavy atom. The van der Waals surface area contributed by atoms with Crippen molar-refractivity contribution < 1.29 is 4.79 Å². The monoisotopic (exact) mass is 317 g/mol. The van der Waals surface area contributed by atoms with Gasteiger partial charge in [0, 0.05) is 24.8 Å². The lowest BCUT2D eigenvalue weighted by atomic mass is 9.91. The molecule has 0 saturated carbocycles. The maximum Gasteiger partial charge on any atom is 0.321 e.